The van der Waals surface area contributed by atoms with Crippen LogP contribution in [0.3, 0.4) is 0 Å². The van der Waals surface area contributed by atoms with Crippen LogP contribution in [0.25, 0.3) is 0 Å². The van der Waals surface area contributed by atoms with E-state index in [9.17, 15) is 8.42 Å². The fourth-order valence-electron chi connectivity index (χ4n) is 1.80. The first-order valence-electron chi connectivity index (χ1n) is 4.03. The van der Waals surface area contributed by atoms with Crippen molar-refractivity contribution in [3.63, 3.8) is 0 Å². The largest absolute Gasteiger partial charge is 0.316 e. The molecule has 3 nitrogen and oxygen atoms in total. The maximum absolute atomic E-state index is 11.1. The summed E-state index contributed by atoms with van der Waals surface area (Å²) in [6, 6.07) is 0. The summed E-state index contributed by atoms with van der Waals surface area (Å²) in [6.45, 7) is 2.06. The van der Waals surface area contributed by atoms with Crippen molar-refractivity contribution < 1.29 is 8.42 Å². The molecule has 2 fully saturated rings. The first-order chi connectivity index (χ1) is 5.12. The SMILES string of the molecule is O=S1(=O)CCC2(CC1)CNC2. The third-order valence-corrected chi connectivity index (χ3v) is 4.54. The zero-order chi connectivity index (χ0) is 7.95. The second kappa shape index (κ2) is 2.20. The summed E-state index contributed by atoms with van der Waals surface area (Å²) in [7, 11) is -2.66. The van der Waals surface area contributed by atoms with Gasteiger partial charge in [0.25, 0.3) is 0 Å². The zero-order valence-electron chi connectivity index (χ0n) is 6.47. The molecule has 0 saturated carbocycles. The Kier molecular flexibility index (Phi) is 1.51. The summed E-state index contributed by atoms with van der Waals surface area (Å²) in [4.78, 5) is 0. The van der Waals surface area contributed by atoms with Crippen LogP contribution in [0, 0.1) is 5.41 Å². The molecule has 0 amide bonds. The van der Waals surface area contributed by atoms with Gasteiger partial charge in [0.15, 0.2) is 0 Å². The van der Waals surface area contributed by atoms with Crippen LogP contribution in [0.1, 0.15) is 12.8 Å². The smallest absolute Gasteiger partial charge is 0.150 e. The van der Waals surface area contributed by atoms with Crippen LogP contribution in [-0.4, -0.2) is 33.0 Å². The molecular weight excluding hydrogens is 162 g/mol. The lowest BCUT2D eigenvalue weighted by Crippen LogP contribution is -2.56. The lowest BCUT2D eigenvalue weighted by atomic mass is 9.77. The van der Waals surface area contributed by atoms with Crippen LogP contribution in [0.4, 0.5) is 0 Å². The highest BCUT2D eigenvalue weighted by Crippen LogP contribution is 2.35. The minimum absolute atomic E-state index is 0.366. The first-order valence-corrected chi connectivity index (χ1v) is 5.85. The van der Waals surface area contributed by atoms with E-state index >= 15 is 0 Å². The third kappa shape index (κ3) is 1.29. The summed E-state index contributed by atoms with van der Waals surface area (Å²) < 4.78 is 22.1. The van der Waals surface area contributed by atoms with Gasteiger partial charge < -0.3 is 5.32 Å². The Labute approximate surface area is 67.1 Å². The van der Waals surface area contributed by atoms with Crippen LogP contribution >= 0.6 is 0 Å². The van der Waals surface area contributed by atoms with Gasteiger partial charge in [-0.25, -0.2) is 8.42 Å². The van der Waals surface area contributed by atoms with Crippen LogP contribution < -0.4 is 5.32 Å². The van der Waals surface area contributed by atoms with Crippen molar-refractivity contribution in [2.75, 3.05) is 24.6 Å². The van der Waals surface area contributed by atoms with Crippen molar-refractivity contribution in [1.82, 2.24) is 5.32 Å². The van der Waals surface area contributed by atoms with Gasteiger partial charge in [0.2, 0.25) is 0 Å². The maximum Gasteiger partial charge on any atom is 0.150 e. The van der Waals surface area contributed by atoms with Gasteiger partial charge in [0, 0.05) is 13.1 Å². The van der Waals surface area contributed by atoms with Crippen molar-refractivity contribution in [2.45, 2.75) is 12.8 Å². The molecule has 0 radical (unpaired) electrons. The van der Waals surface area contributed by atoms with E-state index in [1.165, 1.54) is 0 Å². The Morgan fingerprint density at radius 3 is 2.00 bits per heavy atom. The Balaban J connectivity index is 2.04. The molecule has 64 valence electrons. The van der Waals surface area contributed by atoms with Crippen molar-refractivity contribution in [1.29, 1.82) is 0 Å². The molecule has 2 aliphatic rings. The van der Waals surface area contributed by atoms with Crippen molar-refractivity contribution >= 4 is 9.84 Å². The summed E-state index contributed by atoms with van der Waals surface area (Å²) in [6.07, 6.45) is 1.75. The Bertz CT molecular complexity index is 238. The Hall–Kier alpha value is -0.0900. The van der Waals surface area contributed by atoms with Crippen LogP contribution in [0.2, 0.25) is 0 Å². The molecule has 1 spiro atoms. The molecule has 0 atom stereocenters. The van der Waals surface area contributed by atoms with Crippen molar-refractivity contribution in [3.05, 3.63) is 0 Å². The second-order valence-electron chi connectivity index (χ2n) is 3.76. The van der Waals surface area contributed by atoms with E-state index < -0.39 is 9.84 Å². The predicted octanol–water partition coefficient (Wildman–Crippen LogP) is -0.215. The summed E-state index contributed by atoms with van der Waals surface area (Å²) in [5.41, 5.74) is 0.366. The molecule has 0 aromatic heterocycles. The molecule has 2 rings (SSSR count). The fourth-order valence-corrected chi connectivity index (χ4v) is 3.50. The Morgan fingerprint density at radius 2 is 1.64 bits per heavy atom. The standard InChI is InChI=1S/C7H13NO2S/c9-11(10)3-1-7(2-4-11)5-8-6-7/h8H,1-6H2. The molecule has 2 saturated heterocycles. The minimum Gasteiger partial charge on any atom is -0.316 e. The summed E-state index contributed by atoms with van der Waals surface area (Å²) >= 11 is 0. The van der Waals surface area contributed by atoms with E-state index in [2.05, 4.69) is 5.32 Å². The lowest BCUT2D eigenvalue weighted by Gasteiger charge is -2.45. The van der Waals surface area contributed by atoms with E-state index in [4.69, 9.17) is 0 Å². The summed E-state index contributed by atoms with van der Waals surface area (Å²) in [5, 5.41) is 3.20. The van der Waals surface area contributed by atoms with Crippen LogP contribution in [0.5, 0.6) is 0 Å². The van der Waals surface area contributed by atoms with Crippen molar-refractivity contribution in [3.8, 4) is 0 Å². The Morgan fingerprint density at radius 1 is 1.09 bits per heavy atom. The number of nitrogens with one attached hydrogen (secondary N) is 1. The quantitative estimate of drug-likeness (QED) is 0.554. The van der Waals surface area contributed by atoms with Gasteiger partial charge in [0.1, 0.15) is 9.84 Å². The molecular formula is C7H13NO2S. The lowest BCUT2D eigenvalue weighted by molar-refractivity contribution is 0.150. The molecule has 0 unspecified atom stereocenters. The highest BCUT2D eigenvalue weighted by molar-refractivity contribution is 7.91. The third-order valence-electron chi connectivity index (χ3n) is 2.89. The second-order valence-corrected chi connectivity index (χ2v) is 6.06. The molecule has 0 aromatic carbocycles. The van der Waals surface area contributed by atoms with Gasteiger partial charge in [-0.1, -0.05) is 0 Å². The molecule has 0 aromatic rings. The van der Waals surface area contributed by atoms with Crippen LogP contribution in [0.15, 0.2) is 0 Å². The van der Waals surface area contributed by atoms with Gasteiger partial charge in [-0.3, -0.25) is 0 Å². The normalized spacial score (nSPS) is 33.1. The van der Waals surface area contributed by atoms with Gasteiger partial charge >= 0.3 is 0 Å². The van der Waals surface area contributed by atoms with Crippen molar-refractivity contribution in [2.24, 2.45) is 5.41 Å². The molecule has 0 bridgehead atoms. The van der Waals surface area contributed by atoms with Gasteiger partial charge in [-0.05, 0) is 18.3 Å². The topological polar surface area (TPSA) is 46.2 Å². The molecule has 1 N–H and O–H groups in total. The van der Waals surface area contributed by atoms with Gasteiger partial charge in [-0.2, -0.15) is 0 Å². The van der Waals surface area contributed by atoms with Crippen LogP contribution in [-0.2, 0) is 9.84 Å². The van der Waals surface area contributed by atoms with E-state index in [0.29, 0.717) is 16.9 Å². The van der Waals surface area contributed by atoms with E-state index in [1.807, 2.05) is 0 Å². The zero-order valence-corrected chi connectivity index (χ0v) is 7.28. The molecule has 0 aliphatic carbocycles. The van der Waals surface area contributed by atoms with Gasteiger partial charge in [0.05, 0.1) is 11.5 Å². The highest BCUT2D eigenvalue weighted by atomic mass is 32.2. The molecule has 11 heavy (non-hydrogen) atoms. The number of hydrogen-bond donors (Lipinski definition) is 1. The van der Waals surface area contributed by atoms with E-state index in [-0.39, 0.29) is 0 Å². The monoisotopic (exact) mass is 175 g/mol. The average molecular weight is 175 g/mol. The first kappa shape index (κ1) is 7.55. The molecule has 4 heteroatoms. The summed E-state index contributed by atoms with van der Waals surface area (Å²) in [5.74, 6) is 0.823. The number of sulfone groups is 1. The molecule has 2 heterocycles. The predicted molar refractivity (Wildman–Crippen MR) is 43.2 cm³/mol. The van der Waals surface area contributed by atoms with E-state index in [0.717, 1.165) is 25.9 Å². The van der Waals surface area contributed by atoms with Gasteiger partial charge in [-0.15, -0.1) is 0 Å². The number of rotatable bonds is 0. The number of hydrogen-bond acceptors (Lipinski definition) is 3. The minimum atomic E-state index is -2.66. The maximum atomic E-state index is 11.1. The highest BCUT2D eigenvalue weighted by Gasteiger charge is 2.41. The molecule has 2 aliphatic heterocycles. The van der Waals surface area contributed by atoms with E-state index in [1.54, 1.807) is 0 Å². The fraction of sp³-hybridized carbons (Fsp3) is 1.00. The average Bonchev–Trinajstić information content (AvgIpc) is 1.84.